The van der Waals surface area contributed by atoms with Crippen LogP contribution in [0, 0.1) is 15.9 Å². The fourth-order valence-corrected chi connectivity index (χ4v) is 2.09. The molecule has 0 saturated carbocycles. The van der Waals surface area contributed by atoms with Gasteiger partial charge in [-0.05, 0) is 34.1 Å². The first kappa shape index (κ1) is 15.4. The van der Waals surface area contributed by atoms with Crippen molar-refractivity contribution in [1.29, 1.82) is 0 Å². The summed E-state index contributed by atoms with van der Waals surface area (Å²) in [5.74, 6) is -0.926. The Morgan fingerprint density at radius 1 is 1.29 bits per heavy atom. The molecule has 0 bridgehead atoms. The summed E-state index contributed by atoms with van der Waals surface area (Å²) in [6.07, 6.45) is 0.595. The lowest BCUT2D eigenvalue weighted by molar-refractivity contribution is -0.385. The molecule has 2 rings (SSSR count). The van der Waals surface area contributed by atoms with E-state index in [0.717, 1.165) is 12.1 Å². The van der Waals surface area contributed by atoms with E-state index in [9.17, 15) is 19.3 Å². The Balaban J connectivity index is 2.46. The molecule has 0 atom stereocenters. The molecule has 0 aliphatic rings. The Bertz CT molecular complexity index is 738. The van der Waals surface area contributed by atoms with Crippen LogP contribution in [-0.2, 0) is 0 Å². The second-order valence-electron chi connectivity index (χ2n) is 3.90. The molecule has 2 aromatic rings. The fourth-order valence-electron chi connectivity index (χ4n) is 1.53. The van der Waals surface area contributed by atoms with Gasteiger partial charge >= 0.3 is 5.69 Å². The van der Waals surface area contributed by atoms with Crippen molar-refractivity contribution in [3.8, 4) is 11.5 Å². The van der Waals surface area contributed by atoms with Gasteiger partial charge in [-0.25, -0.2) is 4.39 Å². The van der Waals surface area contributed by atoms with Crippen molar-refractivity contribution in [2.45, 2.75) is 0 Å². The van der Waals surface area contributed by atoms with E-state index >= 15 is 0 Å². The number of halogens is 3. The number of nitro groups is 1. The summed E-state index contributed by atoms with van der Waals surface area (Å²) >= 11 is 8.77. The maximum atomic E-state index is 13.5. The zero-order chi connectivity index (χ0) is 15.6. The molecule has 0 aromatic heterocycles. The zero-order valence-electron chi connectivity index (χ0n) is 10.2. The van der Waals surface area contributed by atoms with Gasteiger partial charge in [0.1, 0.15) is 17.9 Å². The maximum Gasteiger partial charge on any atom is 0.312 e. The Morgan fingerprint density at radius 2 is 2.00 bits per heavy atom. The summed E-state index contributed by atoms with van der Waals surface area (Å²) in [6, 6.07) is 6.01. The molecule has 2 aromatic carbocycles. The van der Waals surface area contributed by atoms with E-state index in [1.807, 2.05) is 0 Å². The molecule has 5 nitrogen and oxygen atoms in total. The molecule has 0 spiro atoms. The monoisotopic (exact) mass is 373 g/mol. The van der Waals surface area contributed by atoms with Crippen molar-refractivity contribution in [3.63, 3.8) is 0 Å². The third-order valence-corrected chi connectivity index (χ3v) is 3.41. The average Bonchev–Trinajstić information content (AvgIpc) is 2.44. The number of hydrogen-bond acceptors (Lipinski definition) is 4. The van der Waals surface area contributed by atoms with Crippen LogP contribution in [0.3, 0.4) is 0 Å². The minimum atomic E-state index is -0.712. The van der Waals surface area contributed by atoms with E-state index in [0.29, 0.717) is 11.8 Å². The van der Waals surface area contributed by atoms with Crippen molar-refractivity contribution in [3.05, 3.63) is 61.3 Å². The van der Waals surface area contributed by atoms with Crippen LogP contribution in [0.25, 0.3) is 0 Å². The molecule has 0 heterocycles. The van der Waals surface area contributed by atoms with Crippen LogP contribution in [0.2, 0.25) is 5.02 Å². The largest absolute Gasteiger partial charge is 0.448 e. The minimum absolute atomic E-state index is 0.0519. The number of nitro benzene ring substituents is 1. The summed E-state index contributed by atoms with van der Waals surface area (Å²) in [5.41, 5.74) is -0.0948. The van der Waals surface area contributed by atoms with Gasteiger partial charge in [-0.3, -0.25) is 14.9 Å². The normalized spacial score (nSPS) is 10.2. The van der Waals surface area contributed by atoms with Crippen molar-refractivity contribution < 1.29 is 18.8 Å². The molecule has 0 radical (unpaired) electrons. The smallest absolute Gasteiger partial charge is 0.312 e. The number of carbonyl (C=O) groups excluding carboxylic acids is 1. The topological polar surface area (TPSA) is 69.4 Å². The van der Waals surface area contributed by atoms with Gasteiger partial charge in [0.05, 0.1) is 14.4 Å². The third-order valence-electron chi connectivity index (χ3n) is 2.51. The molecule has 0 saturated heterocycles. The summed E-state index contributed by atoms with van der Waals surface area (Å²) in [6.45, 7) is 0. The number of aldehydes is 1. The zero-order valence-corrected chi connectivity index (χ0v) is 12.5. The van der Waals surface area contributed by atoms with Crippen molar-refractivity contribution in [1.82, 2.24) is 0 Å². The second kappa shape index (κ2) is 6.19. The summed E-state index contributed by atoms with van der Waals surface area (Å²) in [5, 5.41) is 11.0. The Kier molecular flexibility index (Phi) is 4.54. The first-order valence-corrected chi connectivity index (χ1v) is 6.65. The first-order valence-electron chi connectivity index (χ1n) is 5.48. The predicted molar refractivity (Wildman–Crippen MR) is 77.7 cm³/mol. The molecule has 0 amide bonds. The quantitative estimate of drug-likeness (QED) is 0.440. The van der Waals surface area contributed by atoms with Crippen LogP contribution in [0.1, 0.15) is 10.4 Å². The van der Waals surface area contributed by atoms with Crippen LogP contribution in [-0.4, -0.2) is 11.2 Å². The molecule has 0 N–H and O–H groups in total. The lowest BCUT2D eigenvalue weighted by Crippen LogP contribution is -1.96. The molecule has 0 aliphatic heterocycles. The highest BCUT2D eigenvalue weighted by Gasteiger charge is 2.20. The summed E-state index contributed by atoms with van der Waals surface area (Å²) in [7, 11) is 0. The molecule has 108 valence electrons. The minimum Gasteiger partial charge on any atom is -0.448 e. The molecule has 0 unspecified atom stereocenters. The van der Waals surface area contributed by atoms with Crippen LogP contribution >= 0.6 is 27.5 Å². The van der Waals surface area contributed by atoms with E-state index in [1.165, 1.54) is 18.2 Å². The van der Waals surface area contributed by atoms with Crippen molar-refractivity contribution in [2.24, 2.45) is 0 Å². The number of ether oxygens (including phenoxy) is 1. The fraction of sp³-hybridized carbons (Fsp3) is 0. The number of benzene rings is 2. The molecular weight excluding hydrogens is 369 g/mol. The molecule has 8 heteroatoms. The Labute approximate surface area is 131 Å². The standard InChI is InChI=1S/C13H6BrClFNO4/c14-8-4-11(17(19)20)13(5-10(8)16)21-12-2-1-7(6-18)3-9(12)15/h1-6H. The maximum absolute atomic E-state index is 13.5. The van der Waals surface area contributed by atoms with Gasteiger partial charge in [-0.1, -0.05) is 11.6 Å². The van der Waals surface area contributed by atoms with Gasteiger partial charge in [0.25, 0.3) is 0 Å². The predicted octanol–water partition coefficient (Wildman–Crippen LogP) is 4.75. The Morgan fingerprint density at radius 3 is 2.57 bits per heavy atom. The summed E-state index contributed by atoms with van der Waals surface area (Å²) in [4.78, 5) is 20.9. The average molecular weight is 375 g/mol. The number of carbonyl (C=O) groups is 1. The highest BCUT2D eigenvalue weighted by molar-refractivity contribution is 9.10. The van der Waals surface area contributed by atoms with Crippen molar-refractivity contribution in [2.75, 3.05) is 0 Å². The van der Waals surface area contributed by atoms with Crippen LogP contribution in [0.4, 0.5) is 10.1 Å². The second-order valence-corrected chi connectivity index (χ2v) is 5.16. The highest BCUT2D eigenvalue weighted by Crippen LogP contribution is 2.37. The molecule has 0 fully saturated rings. The van der Waals surface area contributed by atoms with E-state index < -0.39 is 16.4 Å². The lowest BCUT2D eigenvalue weighted by Gasteiger charge is -2.09. The highest BCUT2D eigenvalue weighted by atomic mass is 79.9. The molecule has 0 aliphatic carbocycles. The lowest BCUT2D eigenvalue weighted by atomic mass is 10.2. The SMILES string of the molecule is O=Cc1ccc(Oc2cc(F)c(Br)cc2[N+](=O)[O-])c(Cl)c1. The number of hydrogen-bond donors (Lipinski definition) is 0. The Hall–Kier alpha value is -1.99. The molecular formula is C13H6BrClFNO4. The van der Waals surface area contributed by atoms with Crippen LogP contribution in [0.5, 0.6) is 11.5 Å². The van der Waals surface area contributed by atoms with Gasteiger partial charge in [0.15, 0.2) is 0 Å². The van der Waals surface area contributed by atoms with Gasteiger partial charge in [-0.15, -0.1) is 0 Å². The van der Waals surface area contributed by atoms with Crippen LogP contribution < -0.4 is 4.74 Å². The van der Waals surface area contributed by atoms with Gasteiger partial charge < -0.3 is 4.74 Å². The first-order chi connectivity index (χ1) is 9.92. The van der Waals surface area contributed by atoms with Gasteiger partial charge in [-0.2, -0.15) is 0 Å². The van der Waals surface area contributed by atoms with Crippen molar-refractivity contribution >= 4 is 39.5 Å². The number of nitrogens with zero attached hydrogens (tertiary/aromatic N) is 1. The van der Waals surface area contributed by atoms with Gasteiger partial charge in [0.2, 0.25) is 5.75 Å². The van der Waals surface area contributed by atoms with Crippen LogP contribution in [0.15, 0.2) is 34.8 Å². The number of rotatable bonds is 4. The third kappa shape index (κ3) is 3.37. The van der Waals surface area contributed by atoms with E-state index in [2.05, 4.69) is 15.9 Å². The molecule has 21 heavy (non-hydrogen) atoms. The van der Waals surface area contributed by atoms with E-state index in [1.54, 1.807) is 0 Å². The summed E-state index contributed by atoms with van der Waals surface area (Å²) < 4.78 is 18.8. The van der Waals surface area contributed by atoms with E-state index in [-0.39, 0.29) is 21.0 Å². The van der Waals surface area contributed by atoms with Gasteiger partial charge in [0, 0.05) is 17.7 Å². The van der Waals surface area contributed by atoms with E-state index in [4.69, 9.17) is 16.3 Å².